The Labute approximate surface area is 139 Å². The maximum absolute atomic E-state index is 12.2. The molecule has 1 N–H and O–H groups in total. The lowest BCUT2D eigenvalue weighted by Gasteiger charge is -2.34. The number of rotatable bonds is 5. The number of nitrogens with zero attached hydrogens (tertiary/aromatic N) is 1. The van der Waals surface area contributed by atoms with E-state index >= 15 is 0 Å². The molecule has 0 bridgehead atoms. The molecule has 1 aliphatic rings. The highest BCUT2D eigenvalue weighted by Gasteiger charge is 2.41. The molecule has 0 unspecified atom stereocenters. The van der Waals surface area contributed by atoms with Crippen LogP contribution in [-0.2, 0) is 14.3 Å². The molecule has 1 aromatic rings. The SMILES string of the molecule is COC(=O)C1(NC(=O)C=Cc2cccc([N+](=O)[O-])c2)CCCCC1. The summed E-state index contributed by atoms with van der Waals surface area (Å²) in [5.74, 6) is -0.854. The molecule has 1 fully saturated rings. The molecule has 7 heteroatoms. The van der Waals surface area contributed by atoms with Crippen molar-refractivity contribution in [3.63, 3.8) is 0 Å². The molecular formula is C17H20N2O5. The van der Waals surface area contributed by atoms with Crippen molar-refractivity contribution >= 4 is 23.6 Å². The molecule has 1 aliphatic carbocycles. The van der Waals surface area contributed by atoms with E-state index in [1.54, 1.807) is 12.1 Å². The summed E-state index contributed by atoms with van der Waals surface area (Å²) in [6.45, 7) is 0. The number of nitro groups is 1. The Hall–Kier alpha value is -2.70. The van der Waals surface area contributed by atoms with Crippen LogP contribution in [0.5, 0.6) is 0 Å². The topological polar surface area (TPSA) is 98.5 Å². The van der Waals surface area contributed by atoms with E-state index in [1.807, 2.05) is 0 Å². The standard InChI is InChI=1S/C17H20N2O5/c1-24-16(21)17(10-3-2-4-11-17)18-15(20)9-8-13-6-5-7-14(12-13)19(22)23/h5-9,12H,2-4,10-11H2,1H3,(H,18,20). The van der Waals surface area contributed by atoms with Gasteiger partial charge >= 0.3 is 5.97 Å². The lowest BCUT2D eigenvalue weighted by atomic mass is 9.81. The Morgan fingerprint density at radius 1 is 1.29 bits per heavy atom. The Morgan fingerprint density at radius 2 is 2.00 bits per heavy atom. The molecule has 24 heavy (non-hydrogen) atoms. The number of ether oxygens (including phenoxy) is 1. The van der Waals surface area contributed by atoms with Crippen LogP contribution in [0.25, 0.3) is 6.08 Å². The summed E-state index contributed by atoms with van der Waals surface area (Å²) in [6, 6.07) is 5.96. The van der Waals surface area contributed by atoms with E-state index in [2.05, 4.69) is 5.32 Å². The van der Waals surface area contributed by atoms with Gasteiger partial charge in [-0.3, -0.25) is 14.9 Å². The average molecular weight is 332 g/mol. The number of esters is 1. The van der Waals surface area contributed by atoms with E-state index < -0.39 is 22.3 Å². The van der Waals surface area contributed by atoms with Gasteiger partial charge in [-0.15, -0.1) is 0 Å². The Morgan fingerprint density at radius 3 is 2.62 bits per heavy atom. The van der Waals surface area contributed by atoms with E-state index in [9.17, 15) is 19.7 Å². The van der Waals surface area contributed by atoms with Crippen molar-refractivity contribution in [1.29, 1.82) is 0 Å². The molecule has 7 nitrogen and oxygen atoms in total. The number of methoxy groups -OCH3 is 1. The number of amides is 1. The summed E-state index contributed by atoms with van der Waals surface area (Å²) in [5.41, 5.74) is -0.483. The van der Waals surface area contributed by atoms with Crippen molar-refractivity contribution in [2.45, 2.75) is 37.6 Å². The first kappa shape index (κ1) is 17.7. The molecule has 1 amide bonds. The predicted octanol–water partition coefficient (Wildman–Crippen LogP) is 2.60. The van der Waals surface area contributed by atoms with Gasteiger partial charge in [-0.25, -0.2) is 4.79 Å². The lowest BCUT2D eigenvalue weighted by molar-refractivity contribution is -0.384. The minimum absolute atomic E-state index is 0.0455. The Kier molecular flexibility index (Phi) is 5.68. The summed E-state index contributed by atoms with van der Waals surface area (Å²) in [5, 5.41) is 13.5. The highest BCUT2D eigenvalue weighted by molar-refractivity contribution is 5.96. The molecule has 0 aliphatic heterocycles. The first-order chi connectivity index (χ1) is 11.5. The zero-order chi connectivity index (χ0) is 17.6. The van der Waals surface area contributed by atoms with Crippen LogP contribution < -0.4 is 5.32 Å². The molecular weight excluding hydrogens is 312 g/mol. The van der Waals surface area contributed by atoms with Crippen molar-refractivity contribution in [2.75, 3.05) is 7.11 Å². The zero-order valence-corrected chi connectivity index (χ0v) is 13.5. The maximum Gasteiger partial charge on any atom is 0.331 e. The molecule has 0 spiro atoms. The average Bonchev–Trinajstić information content (AvgIpc) is 2.60. The third kappa shape index (κ3) is 4.18. The van der Waals surface area contributed by atoms with Crippen LogP contribution in [0, 0.1) is 10.1 Å². The van der Waals surface area contributed by atoms with Gasteiger partial charge in [-0.05, 0) is 24.5 Å². The van der Waals surface area contributed by atoms with Crippen LogP contribution >= 0.6 is 0 Å². The smallest absolute Gasteiger partial charge is 0.331 e. The number of nitro benzene ring substituents is 1. The van der Waals surface area contributed by atoms with Crippen LogP contribution in [0.2, 0.25) is 0 Å². The van der Waals surface area contributed by atoms with E-state index in [1.165, 1.54) is 31.4 Å². The van der Waals surface area contributed by atoms with Crippen LogP contribution in [0.1, 0.15) is 37.7 Å². The van der Waals surface area contributed by atoms with Crippen molar-refractivity contribution in [1.82, 2.24) is 5.32 Å². The number of non-ortho nitro benzene ring substituents is 1. The van der Waals surface area contributed by atoms with Gasteiger partial charge in [0.25, 0.3) is 5.69 Å². The molecule has 1 saturated carbocycles. The van der Waals surface area contributed by atoms with E-state index in [0.29, 0.717) is 18.4 Å². The summed E-state index contributed by atoms with van der Waals surface area (Å²) in [7, 11) is 1.31. The van der Waals surface area contributed by atoms with Gasteiger partial charge in [0.2, 0.25) is 5.91 Å². The Bertz CT molecular complexity index is 663. The fourth-order valence-electron chi connectivity index (χ4n) is 2.92. The van der Waals surface area contributed by atoms with E-state index in [0.717, 1.165) is 19.3 Å². The summed E-state index contributed by atoms with van der Waals surface area (Å²) >= 11 is 0. The second kappa shape index (κ2) is 7.72. The largest absolute Gasteiger partial charge is 0.467 e. The number of hydrogen-bond acceptors (Lipinski definition) is 5. The highest BCUT2D eigenvalue weighted by Crippen LogP contribution is 2.29. The van der Waals surface area contributed by atoms with Gasteiger partial charge in [-0.2, -0.15) is 0 Å². The van der Waals surface area contributed by atoms with Crippen LogP contribution in [0.3, 0.4) is 0 Å². The second-order valence-corrected chi connectivity index (χ2v) is 5.81. The quantitative estimate of drug-likeness (QED) is 0.387. The number of nitrogens with one attached hydrogen (secondary N) is 1. The number of carbonyl (C=O) groups excluding carboxylic acids is 2. The number of hydrogen-bond donors (Lipinski definition) is 1. The lowest BCUT2D eigenvalue weighted by Crippen LogP contribution is -2.55. The third-order valence-electron chi connectivity index (χ3n) is 4.15. The summed E-state index contributed by atoms with van der Waals surface area (Å²) in [4.78, 5) is 34.5. The second-order valence-electron chi connectivity index (χ2n) is 5.81. The van der Waals surface area contributed by atoms with Crippen molar-refractivity contribution < 1.29 is 19.2 Å². The fourth-order valence-corrected chi connectivity index (χ4v) is 2.92. The van der Waals surface area contributed by atoms with Crippen LogP contribution in [0.15, 0.2) is 30.3 Å². The molecule has 1 aromatic carbocycles. The van der Waals surface area contributed by atoms with Gasteiger partial charge in [-0.1, -0.05) is 31.4 Å². The van der Waals surface area contributed by atoms with E-state index in [4.69, 9.17) is 4.74 Å². The fraction of sp³-hybridized carbons (Fsp3) is 0.412. The van der Waals surface area contributed by atoms with Crippen molar-refractivity contribution in [2.24, 2.45) is 0 Å². The van der Waals surface area contributed by atoms with E-state index in [-0.39, 0.29) is 5.69 Å². The monoisotopic (exact) mass is 332 g/mol. The first-order valence-corrected chi connectivity index (χ1v) is 7.80. The third-order valence-corrected chi connectivity index (χ3v) is 4.15. The molecule has 0 aromatic heterocycles. The van der Waals surface area contributed by atoms with Crippen LogP contribution in [0.4, 0.5) is 5.69 Å². The minimum Gasteiger partial charge on any atom is -0.467 e. The number of benzene rings is 1. The number of carbonyl (C=O) groups is 2. The molecule has 0 atom stereocenters. The van der Waals surface area contributed by atoms with Crippen LogP contribution in [-0.4, -0.2) is 29.4 Å². The highest BCUT2D eigenvalue weighted by atomic mass is 16.6. The van der Waals surface area contributed by atoms with Gasteiger partial charge < -0.3 is 10.1 Å². The summed E-state index contributed by atoms with van der Waals surface area (Å²) < 4.78 is 4.85. The molecule has 0 heterocycles. The normalized spacial score (nSPS) is 16.5. The Balaban J connectivity index is 2.09. The molecule has 2 rings (SSSR count). The first-order valence-electron chi connectivity index (χ1n) is 7.80. The summed E-state index contributed by atoms with van der Waals surface area (Å²) in [6.07, 6.45) is 6.59. The van der Waals surface area contributed by atoms with Gasteiger partial charge in [0.1, 0.15) is 5.54 Å². The van der Waals surface area contributed by atoms with Gasteiger partial charge in [0.15, 0.2) is 0 Å². The van der Waals surface area contributed by atoms with Gasteiger partial charge in [0, 0.05) is 18.2 Å². The molecule has 0 saturated heterocycles. The molecule has 0 radical (unpaired) electrons. The zero-order valence-electron chi connectivity index (χ0n) is 13.5. The van der Waals surface area contributed by atoms with Gasteiger partial charge in [0.05, 0.1) is 12.0 Å². The van der Waals surface area contributed by atoms with Crippen molar-refractivity contribution in [3.8, 4) is 0 Å². The predicted molar refractivity (Wildman–Crippen MR) is 88.1 cm³/mol. The molecule has 128 valence electrons. The van der Waals surface area contributed by atoms with Crippen molar-refractivity contribution in [3.05, 3.63) is 46.0 Å². The maximum atomic E-state index is 12.2. The minimum atomic E-state index is -0.975.